The molecule has 2 N–H and O–H groups in total. The molecule has 0 aliphatic carbocycles. The molecule has 0 bridgehead atoms. The molecular formula is C19H16FN3O2S. The molecule has 3 rings (SSSR count). The van der Waals surface area contributed by atoms with E-state index in [-0.39, 0.29) is 23.3 Å². The van der Waals surface area contributed by atoms with Crippen molar-refractivity contribution in [2.24, 2.45) is 0 Å². The molecule has 1 heterocycles. The average Bonchev–Trinajstić information content (AvgIpc) is 3.08. The van der Waals surface area contributed by atoms with E-state index >= 15 is 0 Å². The maximum absolute atomic E-state index is 13.0. The van der Waals surface area contributed by atoms with E-state index in [2.05, 4.69) is 15.6 Å². The molecular weight excluding hydrogens is 353 g/mol. The van der Waals surface area contributed by atoms with Crippen molar-refractivity contribution in [3.63, 3.8) is 0 Å². The lowest BCUT2D eigenvalue weighted by atomic mass is 10.1. The third-order valence-electron chi connectivity index (χ3n) is 3.63. The van der Waals surface area contributed by atoms with Crippen LogP contribution in [0.15, 0.2) is 47.8 Å². The van der Waals surface area contributed by atoms with Gasteiger partial charge in [-0.1, -0.05) is 6.07 Å². The van der Waals surface area contributed by atoms with E-state index in [0.717, 1.165) is 11.1 Å². The third kappa shape index (κ3) is 4.12. The highest BCUT2D eigenvalue weighted by atomic mass is 32.1. The number of benzene rings is 2. The van der Waals surface area contributed by atoms with Crippen molar-refractivity contribution < 1.29 is 14.0 Å². The SMILES string of the molecule is CC(=O)Nc1ccc(C)c(NC(=O)c2csc(-c3ccc(F)cc3)n2)c1. The summed E-state index contributed by atoms with van der Waals surface area (Å²) in [6.07, 6.45) is 0. The Labute approximate surface area is 153 Å². The van der Waals surface area contributed by atoms with E-state index in [1.54, 1.807) is 29.6 Å². The fourth-order valence-electron chi connectivity index (χ4n) is 2.33. The van der Waals surface area contributed by atoms with Gasteiger partial charge in [0, 0.05) is 29.2 Å². The Balaban J connectivity index is 1.78. The summed E-state index contributed by atoms with van der Waals surface area (Å²) < 4.78 is 13.0. The van der Waals surface area contributed by atoms with Crippen LogP contribution in [0.5, 0.6) is 0 Å². The van der Waals surface area contributed by atoms with Gasteiger partial charge < -0.3 is 10.6 Å². The Hall–Kier alpha value is -3.06. The number of nitrogens with one attached hydrogen (secondary N) is 2. The predicted molar refractivity (Wildman–Crippen MR) is 101 cm³/mol. The van der Waals surface area contributed by atoms with Crippen LogP contribution in [0.2, 0.25) is 0 Å². The largest absolute Gasteiger partial charge is 0.326 e. The number of rotatable bonds is 4. The molecule has 5 nitrogen and oxygen atoms in total. The van der Waals surface area contributed by atoms with E-state index in [0.29, 0.717) is 16.4 Å². The van der Waals surface area contributed by atoms with Crippen molar-refractivity contribution in [2.45, 2.75) is 13.8 Å². The van der Waals surface area contributed by atoms with Gasteiger partial charge in [0.2, 0.25) is 5.91 Å². The second kappa shape index (κ2) is 7.45. The predicted octanol–water partition coefficient (Wildman–Crippen LogP) is 4.47. The summed E-state index contributed by atoms with van der Waals surface area (Å²) in [5.41, 5.74) is 3.08. The lowest BCUT2D eigenvalue weighted by molar-refractivity contribution is -0.114. The molecule has 7 heteroatoms. The smallest absolute Gasteiger partial charge is 0.275 e. The number of carbonyl (C=O) groups excluding carboxylic acids is 2. The van der Waals surface area contributed by atoms with Gasteiger partial charge in [0.25, 0.3) is 5.91 Å². The van der Waals surface area contributed by atoms with Crippen LogP contribution in [0.1, 0.15) is 23.0 Å². The molecule has 0 atom stereocenters. The Morgan fingerprint density at radius 1 is 1.08 bits per heavy atom. The normalized spacial score (nSPS) is 10.4. The molecule has 26 heavy (non-hydrogen) atoms. The number of nitrogens with zero attached hydrogens (tertiary/aromatic N) is 1. The highest BCUT2D eigenvalue weighted by Crippen LogP contribution is 2.25. The van der Waals surface area contributed by atoms with E-state index in [1.807, 2.05) is 13.0 Å². The van der Waals surface area contributed by atoms with Gasteiger partial charge in [-0.05, 0) is 48.9 Å². The van der Waals surface area contributed by atoms with Crippen molar-refractivity contribution in [3.8, 4) is 10.6 Å². The monoisotopic (exact) mass is 369 g/mol. The number of halogens is 1. The van der Waals surface area contributed by atoms with E-state index in [1.165, 1.54) is 30.4 Å². The molecule has 2 aromatic carbocycles. The summed E-state index contributed by atoms with van der Waals surface area (Å²) in [6, 6.07) is 11.2. The minimum atomic E-state index is -0.349. The van der Waals surface area contributed by atoms with Crippen molar-refractivity contribution >= 4 is 34.5 Å². The Bertz CT molecular complexity index is 967. The van der Waals surface area contributed by atoms with Gasteiger partial charge in [0.1, 0.15) is 16.5 Å². The van der Waals surface area contributed by atoms with Crippen LogP contribution in [0, 0.1) is 12.7 Å². The fraction of sp³-hybridized carbons (Fsp3) is 0.105. The molecule has 0 aliphatic rings. The molecule has 0 aliphatic heterocycles. The van der Waals surface area contributed by atoms with E-state index in [4.69, 9.17) is 0 Å². The molecule has 0 fully saturated rings. The standard InChI is InChI=1S/C19H16FN3O2S/c1-11-3-8-15(21-12(2)24)9-16(11)22-18(25)17-10-26-19(23-17)13-4-6-14(20)7-5-13/h3-10H,1-2H3,(H,21,24)(H,22,25). The first-order valence-corrected chi connectivity index (χ1v) is 8.71. The van der Waals surface area contributed by atoms with E-state index in [9.17, 15) is 14.0 Å². The van der Waals surface area contributed by atoms with Crippen LogP contribution >= 0.6 is 11.3 Å². The van der Waals surface area contributed by atoms with Gasteiger partial charge in [-0.3, -0.25) is 9.59 Å². The highest BCUT2D eigenvalue weighted by molar-refractivity contribution is 7.13. The average molecular weight is 369 g/mol. The summed E-state index contributed by atoms with van der Waals surface area (Å²) in [5, 5.41) is 7.78. The zero-order valence-corrected chi connectivity index (χ0v) is 15.0. The lowest BCUT2D eigenvalue weighted by Gasteiger charge is -2.10. The number of amides is 2. The summed E-state index contributed by atoms with van der Waals surface area (Å²) in [4.78, 5) is 28.0. The molecule has 0 radical (unpaired) electrons. The molecule has 0 spiro atoms. The summed E-state index contributed by atoms with van der Waals surface area (Å²) in [5.74, 6) is -0.856. The van der Waals surface area contributed by atoms with Crippen LogP contribution in [0.3, 0.4) is 0 Å². The zero-order chi connectivity index (χ0) is 18.7. The Kier molecular flexibility index (Phi) is 5.09. The lowest BCUT2D eigenvalue weighted by Crippen LogP contribution is -2.14. The Morgan fingerprint density at radius 3 is 2.50 bits per heavy atom. The number of aromatic nitrogens is 1. The molecule has 0 unspecified atom stereocenters. The van der Waals surface area contributed by atoms with Crippen molar-refractivity contribution in [1.82, 2.24) is 4.98 Å². The van der Waals surface area contributed by atoms with Gasteiger partial charge >= 0.3 is 0 Å². The second-order valence-corrected chi connectivity index (χ2v) is 6.57. The first-order chi connectivity index (χ1) is 12.4. The van der Waals surface area contributed by atoms with Crippen LogP contribution in [0.25, 0.3) is 10.6 Å². The van der Waals surface area contributed by atoms with Crippen LogP contribution in [-0.2, 0) is 4.79 Å². The van der Waals surface area contributed by atoms with E-state index < -0.39 is 0 Å². The van der Waals surface area contributed by atoms with Gasteiger partial charge in [0.05, 0.1) is 0 Å². The molecule has 0 saturated heterocycles. The quantitative estimate of drug-likeness (QED) is 0.713. The minimum Gasteiger partial charge on any atom is -0.326 e. The number of carbonyl (C=O) groups is 2. The van der Waals surface area contributed by atoms with Crippen molar-refractivity contribution in [1.29, 1.82) is 0 Å². The Morgan fingerprint density at radius 2 is 1.81 bits per heavy atom. The highest BCUT2D eigenvalue weighted by Gasteiger charge is 2.13. The minimum absolute atomic E-state index is 0.186. The fourth-order valence-corrected chi connectivity index (χ4v) is 3.13. The number of hydrogen-bond acceptors (Lipinski definition) is 4. The molecule has 0 saturated carbocycles. The maximum Gasteiger partial charge on any atom is 0.275 e. The zero-order valence-electron chi connectivity index (χ0n) is 14.2. The molecule has 1 aromatic heterocycles. The van der Waals surface area contributed by atoms with Gasteiger partial charge in [-0.15, -0.1) is 11.3 Å². The topological polar surface area (TPSA) is 71.1 Å². The summed E-state index contributed by atoms with van der Waals surface area (Å²) in [7, 11) is 0. The van der Waals surface area contributed by atoms with Gasteiger partial charge in [0.15, 0.2) is 0 Å². The van der Waals surface area contributed by atoms with Crippen molar-refractivity contribution in [2.75, 3.05) is 10.6 Å². The third-order valence-corrected chi connectivity index (χ3v) is 4.53. The first kappa shape index (κ1) is 17.8. The molecule has 2 amide bonds. The first-order valence-electron chi connectivity index (χ1n) is 7.83. The number of thiazole rings is 1. The maximum atomic E-state index is 13.0. The van der Waals surface area contributed by atoms with Gasteiger partial charge in [-0.25, -0.2) is 9.37 Å². The number of aryl methyl sites for hydroxylation is 1. The van der Waals surface area contributed by atoms with Gasteiger partial charge in [-0.2, -0.15) is 0 Å². The number of anilines is 2. The molecule has 132 valence electrons. The van der Waals surface area contributed by atoms with Crippen LogP contribution in [0.4, 0.5) is 15.8 Å². The number of hydrogen-bond donors (Lipinski definition) is 2. The molecule has 3 aromatic rings. The second-order valence-electron chi connectivity index (χ2n) is 5.71. The van der Waals surface area contributed by atoms with Crippen molar-refractivity contribution in [3.05, 3.63) is 64.9 Å². The summed E-state index contributed by atoms with van der Waals surface area (Å²) >= 11 is 1.31. The van der Waals surface area contributed by atoms with Crippen LogP contribution < -0.4 is 10.6 Å². The van der Waals surface area contributed by atoms with Crippen LogP contribution in [-0.4, -0.2) is 16.8 Å². The summed E-state index contributed by atoms with van der Waals surface area (Å²) in [6.45, 7) is 3.28.